The maximum atomic E-state index is 4.59. The Labute approximate surface area is 95.5 Å². The second-order valence-corrected chi connectivity index (χ2v) is 4.99. The minimum absolute atomic E-state index is 0.656. The van der Waals surface area contributed by atoms with Gasteiger partial charge in [-0.15, -0.1) is 11.3 Å². The number of aromatic nitrogens is 1. The highest BCUT2D eigenvalue weighted by Crippen LogP contribution is 2.20. The van der Waals surface area contributed by atoms with E-state index in [1.165, 1.54) is 25.1 Å². The van der Waals surface area contributed by atoms with Gasteiger partial charge in [-0.1, -0.05) is 6.92 Å². The second-order valence-electron chi connectivity index (χ2n) is 4.15. The lowest BCUT2D eigenvalue weighted by molar-refractivity contribution is 0.599. The van der Waals surface area contributed by atoms with E-state index in [1.807, 2.05) is 0 Å². The number of hydrogen-bond acceptors (Lipinski definition) is 4. The summed E-state index contributed by atoms with van der Waals surface area (Å²) in [5.74, 6) is 0. The number of likely N-dealkylation sites (N-methyl/N-ethyl adjacent to an activating group) is 1. The largest absolute Gasteiger partial charge is 0.350 e. The molecule has 1 aromatic rings. The number of nitrogens with zero attached hydrogens (tertiary/aromatic N) is 2. The maximum absolute atomic E-state index is 4.59. The summed E-state index contributed by atoms with van der Waals surface area (Å²) >= 11 is 1.75. The molecule has 1 saturated heterocycles. The van der Waals surface area contributed by atoms with Gasteiger partial charge in [0.2, 0.25) is 0 Å². The summed E-state index contributed by atoms with van der Waals surface area (Å²) in [4.78, 5) is 6.86. The van der Waals surface area contributed by atoms with Gasteiger partial charge in [-0.25, -0.2) is 4.98 Å². The average molecular weight is 225 g/mol. The lowest BCUT2D eigenvalue weighted by Gasteiger charge is -2.20. The Morgan fingerprint density at radius 2 is 2.53 bits per heavy atom. The molecule has 1 aliphatic heterocycles. The van der Waals surface area contributed by atoms with Crippen molar-refractivity contribution in [3.05, 3.63) is 11.1 Å². The highest BCUT2D eigenvalue weighted by Gasteiger charge is 2.17. The molecule has 4 heteroatoms. The van der Waals surface area contributed by atoms with E-state index in [9.17, 15) is 0 Å². The number of aryl methyl sites for hydroxylation is 1. The predicted molar refractivity (Wildman–Crippen MR) is 65.8 cm³/mol. The molecule has 15 heavy (non-hydrogen) atoms. The van der Waals surface area contributed by atoms with E-state index in [0.29, 0.717) is 6.04 Å². The third-order valence-corrected chi connectivity index (χ3v) is 3.89. The van der Waals surface area contributed by atoms with Gasteiger partial charge in [-0.2, -0.15) is 0 Å². The Hall–Kier alpha value is -0.610. The van der Waals surface area contributed by atoms with Gasteiger partial charge in [0.15, 0.2) is 5.13 Å². The molecule has 0 saturated carbocycles. The maximum Gasteiger partial charge on any atom is 0.185 e. The Balaban J connectivity index is 1.91. The van der Waals surface area contributed by atoms with Crippen molar-refractivity contribution in [2.45, 2.75) is 32.2 Å². The van der Waals surface area contributed by atoms with Crippen molar-refractivity contribution in [2.75, 3.05) is 25.0 Å². The first-order valence-corrected chi connectivity index (χ1v) is 6.56. The van der Waals surface area contributed by atoms with Crippen molar-refractivity contribution in [2.24, 2.45) is 0 Å². The van der Waals surface area contributed by atoms with E-state index in [4.69, 9.17) is 0 Å². The standard InChI is InChI=1S/C11H19N3S/c1-3-9-8-15-11(13-9)14(2)7-10-5-4-6-12-10/h8,10,12H,3-7H2,1-2H3. The Morgan fingerprint density at radius 1 is 1.67 bits per heavy atom. The summed E-state index contributed by atoms with van der Waals surface area (Å²) in [6, 6.07) is 0.656. The molecule has 0 aliphatic carbocycles. The van der Waals surface area contributed by atoms with Crippen molar-refractivity contribution >= 4 is 16.5 Å². The van der Waals surface area contributed by atoms with Gasteiger partial charge in [-0.3, -0.25) is 0 Å². The van der Waals surface area contributed by atoms with Crippen LogP contribution in [0, 0.1) is 0 Å². The van der Waals surface area contributed by atoms with Gasteiger partial charge in [0.1, 0.15) is 0 Å². The van der Waals surface area contributed by atoms with Gasteiger partial charge >= 0.3 is 0 Å². The molecule has 1 unspecified atom stereocenters. The molecule has 3 nitrogen and oxygen atoms in total. The van der Waals surface area contributed by atoms with Crippen molar-refractivity contribution in [3.8, 4) is 0 Å². The zero-order chi connectivity index (χ0) is 10.7. The molecule has 1 aromatic heterocycles. The molecule has 1 fully saturated rings. The van der Waals surface area contributed by atoms with Crippen LogP contribution in [0.5, 0.6) is 0 Å². The summed E-state index contributed by atoms with van der Waals surface area (Å²) in [5.41, 5.74) is 1.21. The van der Waals surface area contributed by atoms with Crippen LogP contribution in [0.4, 0.5) is 5.13 Å². The lowest BCUT2D eigenvalue weighted by atomic mass is 10.2. The summed E-state index contributed by atoms with van der Waals surface area (Å²) in [6.45, 7) is 4.41. The predicted octanol–water partition coefficient (Wildman–Crippen LogP) is 1.89. The SMILES string of the molecule is CCc1csc(N(C)CC2CCCN2)n1. The van der Waals surface area contributed by atoms with E-state index >= 15 is 0 Å². The van der Waals surface area contributed by atoms with Gasteiger partial charge in [-0.05, 0) is 25.8 Å². The van der Waals surface area contributed by atoms with E-state index in [1.54, 1.807) is 11.3 Å². The molecule has 1 atom stereocenters. The van der Waals surface area contributed by atoms with E-state index < -0.39 is 0 Å². The average Bonchev–Trinajstić information content (AvgIpc) is 2.86. The molecule has 0 spiro atoms. The minimum atomic E-state index is 0.656. The van der Waals surface area contributed by atoms with Gasteiger partial charge in [0.25, 0.3) is 0 Å². The van der Waals surface area contributed by atoms with Gasteiger partial charge in [0, 0.05) is 25.0 Å². The monoisotopic (exact) mass is 225 g/mol. The lowest BCUT2D eigenvalue weighted by Crippen LogP contribution is -2.35. The van der Waals surface area contributed by atoms with Crippen LogP contribution in [0.1, 0.15) is 25.5 Å². The first-order valence-electron chi connectivity index (χ1n) is 5.68. The molecule has 2 rings (SSSR count). The topological polar surface area (TPSA) is 28.2 Å². The first kappa shape index (κ1) is 10.9. The Kier molecular flexibility index (Phi) is 3.59. The molecule has 0 aromatic carbocycles. The van der Waals surface area contributed by atoms with Crippen LogP contribution in [-0.2, 0) is 6.42 Å². The van der Waals surface area contributed by atoms with Crippen LogP contribution in [0.25, 0.3) is 0 Å². The van der Waals surface area contributed by atoms with Crippen LogP contribution < -0.4 is 10.2 Å². The summed E-state index contributed by atoms with van der Waals surface area (Å²) < 4.78 is 0. The van der Waals surface area contributed by atoms with Crippen molar-refractivity contribution in [1.82, 2.24) is 10.3 Å². The quantitative estimate of drug-likeness (QED) is 0.848. The van der Waals surface area contributed by atoms with Crippen LogP contribution >= 0.6 is 11.3 Å². The third kappa shape index (κ3) is 2.69. The second kappa shape index (κ2) is 4.94. The van der Waals surface area contributed by atoms with E-state index in [2.05, 4.69) is 34.6 Å². The zero-order valence-electron chi connectivity index (χ0n) is 9.49. The molecule has 0 radical (unpaired) electrons. The normalized spacial score (nSPS) is 20.8. The molecular formula is C11H19N3S. The van der Waals surface area contributed by atoms with Crippen LogP contribution in [0.2, 0.25) is 0 Å². The fraction of sp³-hybridized carbons (Fsp3) is 0.727. The molecule has 1 aliphatic rings. The van der Waals surface area contributed by atoms with E-state index in [-0.39, 0.29) is 0 Å². The summed E-state index contributed by atoms with van der Waals surface area (Å²) in [5, 5.41) is 6.83. The smallest absolute Gasteiger partial charge is 0.185 e. The molecule has 2 heterocycles. The molecule has 84 valence electrons. The number of thiazole rings is 1. The fourth-order valence-corrected chi connectivity index (χ4v) is 2.84. The van der Waals surface area contributed by atoms with Crippen molar-refractivity contribution < 1.29 is 0 Å². The van der Waals surface area contributed by atoms with Crippen LogP contribution in [0.3, 0.4) is 0 Å². The summed E-state index contributed by atoms with van der Waals surface area (Å²) in [7, 11) is 2.14. The Morgan fingerprint density at radius 3 is 3.13 bits per heavy atom. The van der Waals surface area contributed by atoms with Crippen LogP contribution in [0.15, 0.2) is 5.38 Å². The summed E-state index contributed by atoms with van der Waals surface area (Å²) in [6.07, 6.45) is 3.65. The molecule has 1 N–H and O–H groups in total. The third-order valence-electron chi connectivity index (χ3n) is 2.89. The van der Waals surface area contributed by atoms with Crippen LogP contribution in [-0.4, -0.2) is 31.2 Å². The van der Waals surface area contributed by atoms with Crippen molar-refractivity contribution in [3.63, 3.8) is 0 Å². The Bertz CT molecular complexity index is 305. The number of nitrogens with one attached hydrogen (secondary N) is 1. The highest BCUT2D eigenvalue weighted by atomic mass is 32.1. The zero-order valence-corrected chi connectivity index (χ0v) is 10.3. The van der Waals surface area contributed by atoms with E-state index in [0.717, 1.165) is 18.1 Å². The highest BCUT2D eigenvalue weighted by molar-refractivity contribution is 7.13. The fourth-order valence-electron chi connectivity index (χ4n) is 1.96. The van der Waals surface area contributed by atoms with Gasteiger partial charge < -0.3 is 10.2 Å². The minimum Gasteiger partial charge on any atom is -0.350 e. The molecule has 0 amide bonds. The molecule has 0 bridgehead atoms. The van der Waals surface area contributed by atoms with Gasteiger partial charge in [0.05, 0.1) is 5.69 Å². The number of anilines is 1. The van der Waals surface area contributed by atoms with Crippen molar-refractivity contribution in [1.29, 1.82) is 0 Å². The number of rotatable bonds is 4. The first-order chi connectivity index (χ1) is 7.29. The number of hydrogen-bond donors (Lipinski definition) is 1. The molecular weight excluding hydrogens is 206 g/mol.